The van der Waals surface area contributed by atoms with Crippen LogP contribution in [0.4, 0.5) is 9.18 Å². The summed E-state index contributed by atoms with van der Waals surface area (Å²) in [7, 11) is 3.20. The van der Waals surface area contributed by atoms with Gasteiger partial charge in [-0.2, -0.15) is 0 Å². The van der Waals surface area contributed by atoms with E-state index in [0.29, 0.717) is 13.1 Å². The van der Waals surface area contributed by atoms with Gasteiger partial charge in [0.15, 0.2) is 18.1 Å². The molecule has 1 rings (SSSR count). The summed E-state index contributed by atoms with van der Waals surface area (Å²) in [6.07, 6.45) is 0. The van der Waals surface area contributed by atoms with E-state index < -0.39 is 11.8 Å². The number of nitrogens with one attached hydrogen (secondary N) is 3. The van der Waals surface area contributed by atoms with E-state index in [1.54, 1.807) is 26.1 Å². The third-order valence-electron chi connectivity index (χ3n) is 2.77. The Kier molecular flexibility index (Phi) is 6.61. The molecule has 1 atom stereocenters. The standard InChI is InChI=1S/C14H20FN3O3/c1-4-16-14(20)17-13(19)9-18(2)8-10-5-6-12(21-3)11(15)7-10/h5-7H,4,8-9H2,1-3H3,(H2,16,17,19,20)/p+1. The summed E-state index contributed by atoms with van der Waals surface area (Å²) < 4.78 is 18.4. The van der Waals surface area contributed by atoms with Crippen molar-refractivity contribution < 1.29 is 23.6 Å². The van der Waals surface area contributed by atoms with Gasteiger partial charge in [-0.25, -0.2) is 9.18 Å². The van der Waals surface area contributed by atoms with Gasteiger partial charge in [-0.05, 0) is 25.1 Å². The zero-order chi connectivity index (χ0) is 15.8. The largest absolute Gasteiger partial charge is 0.494 e. The molecule has 116 valence electrons. The number of rotatable bonds is 6. The summed E-state index contributed by atoms with van der Waals surface area (Å²) in [4.78, 5) is 23.6. The Hall–Kier alpha value is -2.15. The van der Waals surface area contributed by atoms with Gasteiger partial charge in [0.05, 0.1) is 14.2 Å². The fourth-order valence-corrected chi connectivity index (χ4v) is 1.88. The molecule has 0 saturated carbocycles. The predicted molar refractivity (Wildman–Crippen MR) is 75.6 cm³/mol. The lowest BCUT2D eigenvalue weighted by Gasteiger charge is -2.14. The number of halogens is 1. The van der Waals surface area contributed by atoms with E-state index in [0.717, 1.165) is 10.5 Å². The van der Waals surface area contributed by atoms with E-state index in [1.165, 1.54) is 13.2 Å². The zero-order valence-corrected chi connectivity index (χ0v) is 12.5. The average Bonchev–Trinajstić information content (AvgIpc) is 2.38. The summed E-state index contributed by atoms with van der Waals surface area (Å²) in [5.74, 6) is -0.632. The molecule has 0 heterocycles. The zero-order valence-electron chi connectivity index (χ0n) is 12.5. The van der Waals surface area contributed by atoms with Crippen molar-refractivity contribution in [1.82, 2.24) is 10.6 Å². The van der Waals surface area contributed by atoms with Crippen LogP contribution in [-0.2, 0) is 11.3 Å². The van der Waals surface area contributed by atoms with Crippen molar-refractivity contribution in [3.8, 4) is 5.75 Å². The normalized spacial score (nSPS) is 11.6. The van der Waals surface area contributed by atoms with Crippen molar-refractivity contribution in [3.05, 3.63) is 29.6 Å². The van der Waals surface area contributed by atoms with Crippen molar-refractivity contribution in [3.63, 3.8) is 0 Å². The molecule has 21 heavy (non-hydrogen) atoms. The Morgan fingerprint density at radius 1 is 1.38 bits per heavy atom. The Morgan fingerprint density at radius 2 is 2.10 bits per heavy atom. The number of hydrogen-bond donors (Lipinski definition) is 3. The molecule has 3 amide bonds. The highest BCUT2D eigenvalue weighted by atomic mass is 19.1. The summed E-state index contributed by atoms with van der Waals surface area (Å²) in [6.45, 7) is 2.79. The maximum absolute atomic E-state index is 13.6. The number of ether oxygens (including phenoxy) is 1. The predicted octanol–water partition coefficient (Wildman–Crippen LogP) is -0.305. The highest BCUT2D eigenvalue weighted by molar-refractivity contribution is 5.94. The van der Waals surface area contributed by atoms with Gasteiger partial charge in [0.2, 0.25) is 0 Å². The number of benzene rings is 1. The first kappa shape index (κ1) is 16.9. The molecule has 1 aromatic carbocycles. The maximum atomic E-state index is 13.6. The summed E-state index contributed by atoms with van der Waals surface area (Å²) in [5.41, 5.74) is 0.747. The first-order chi connectivity index (χ1) is 9.96. The molecule has 0 saturated heterocycles. The van der Waals surface area contributed by atoms with Gasteiger partial charge in [-0.3, -0.25) is 10.1 Å². The summed E-state index contributed by atoms with van der Waals surface area (Å²) in [5, 5.41) is 4.70. The molecule has 0 aliphatic carbocycles. The monoisotopic (exact) mass is 298 g/mol. The van der Waals surface area contributed by atoms with Crippen molar-refractivity contribution >= 4 is 11.9 Å². The second-order valence-electron chi connectivity index (χ2n) is 4.69. The summed E-state index contributed by atoms with van der Waals surface area (Å²) >= 11 is 0. The van der Waals surface area contributed by atoms with Crippen LogP contribution in [0.25, 0.3) is 0 Å². The average molecular weight is 298 g/mol. The SMILES string of the molecule is CCNC(=O)NC(=O)C[NH+](C)Cc1ccc(OC)c(F)c1. The van der Waals surface area contributed by atoms with Crippen molar-refractivity contribution in [1.29, 1.82) is 0 Å². The molecule has 0 radical (unpaired) electrons. The molecule has 0 aliphatic rings. The fraction of sp³-hybridized carbons (Fsp3) is 0.429. The number of carbonyl (C=O) groups excluding carboxylic acids is 2. The molecule has 6 nitrogen and oxygen atoms in total. The second-order valence-corrected chi connectivity index (χ2v) is 4.69. The Balaban J connectivity index is 2.49. The smallest absolute Gasteiger partial charge is 0.321 e. The lowest BCUT2D eigenvalue weighted by molar-refractivity contribution is -0.885. The molecule has 3 N–H and O–H groups in total. The van der Waals surface area contributed by atoms with Crippen molar-refractivity contribution in [2.75, 3.05) is 27.2 Å². The molecule has 1 aromatic rings. The van der Waals surface area contributed by atoms with E-state index in [2.05, 4.69) is 10.6 Å². The molecule has 7 heteroatoms. The fourth-order valence-electron chi connectivity index (χ4n) is 1.88. The second kappa shape index (κ2) is 8.21. The molecule has 0 bridgehead atoms. The first-order valence-electron chi connectivity index (χ1n) is 6.67. The van der Waals surface area contributed by atoms with E-state index in [4.69, 9.17) is 4.74 Å². The van der Waals surface area contributed by atoms with Crippen LogP contribution < -0.4 is 20.3 Å². The minimum absolute atomic E-state index is 0.116. The first-order valence-corrected chi connectivity index (χ1v) is 6.67. The lowest BCUT2D eigenvalue weighted by Crippen LogP contribution is -3.09. The molecule has 0 aliphatic heterocycles. The number of methoxy groups -OCH3 is 1. The van der Waals surface area contributed by atoms with Crippen LogP contribution in [0.3, 0.4) is 0 Å². The van der Waals surface area contributed by atoms with Crippen LogP contribution in [0, 0.1) is 5.82 Å². The Bertz CT molecular complexity index is 508. The number of likely N-dealkylation sites (N-methyl/N-ethyl adjacent to an activating group) is 1. The van der Waals surface area contributed by atoms with E-state index in [9.17, 15) is 14.0 Å². The van der Waals surface area contributed by atoms with Crippen LogP contribution in [0.1, 0.15) is 12.5 Å². The van der Waals surface area contributed by atoms with Crippen LogP contribution >= 0.6 is 0 Å². The van der Waals surface area contributed by atoms with Crippen LogP contribution in [-0.4, -0.2) is 39.2 Å². The number of carbonyl (C=O) groups is 2. The Morgan fingerprint density at radius 3 is 2.67 bits per heavy atom. The van der Waals surface area contributed by atoms with Crippen molar-refractivity contribution in [2.45, 2.75) is 13.5 Å². The van der Waals surface area contributed by atoms with Crippen LogP contribution in [0.5, 0.6) is 5.75 Å². The third kappa shape index (κ3) is 5.78. The molecule has 0 aromatic heterocycles. The Labute approximate surface area is 123 Å². The molecular weight excluding hydrogens is 277 g/mol. The number of hydrogen-bond acceptors (Lipinski definition) is 3. The molecule has 0 spiro atoms. The minimum Gasteiger partial charge on any atom is -0.494 e. The van der Waals surface area contributed by atoms with E-state index >= 15 is 0 Å². The number of imide groups is 1. The van der Waals surface area contributed by atoms with Gasteiger partial charge in [-0.1, -0.05) is 0 Å². The molecule has 1 unspecified atom stereocenters. The van der Waals surface area contributed by atoms with Gasteiger partial charge < -0.3 is 15.0 Å². The minimum atomic E-state index is -0.509. The van der Waals surface area contributed by atoms with Crippen molar-refractivity contribution in [2.24, 2.45) is 0 Å². The molecule has 0 fully saturated rings. The van der Waals surface area contributed by atoms with E-state index in [-0.39, 0.29) is 18.2 Å². The highest BCUT2D eigenvalue weighted by Gasteiger charge is 2.14. The maximum Gasteiger partial charge on any atom is 0.321 e. The number of amides is 3. The van der Waals surface area contributed by atoms with Gasteiger partial charge in [0, 0.05) is 12.1 Å². The van der Waals surface area contributed by atoms with Crippen LogP contribution in [0.15, 0.2) is 18.2 Å². The lowest BCUT2D eigenvalue weighted by atomic mass is 10.2. The van der Waals surface area contributed by atoms with Gasteiger partial charge >= 0.3 is 6.03 Å². The summed E-state index contributed by atoms with van der Waals surface area (Å²) in [6, 6.07) is 4.16. The molecular formula is C14H21FN3O3+. The number of urea groups is 1. The highest BCUT2D eigenvalue weighted by Crippen LogP contribution is 2.16. The van der Waals surface area contributed by atoms with Crippen LogP contribution in [0.2, 0.25) is 0 Å². The van der Waals surface area contributed by atoms with E-state index in [1.807, 2.05) is 0 Å². The van der Waals surface area contributed by atoms with Gasteiger partial charge in [0.1, 0.15) is 6.54 Å². The topological polar surface area (TPSA) is 71.9 Å². The number of quaternary nitrogens is 1. The third-order valence-corrected chi connectivity index (χ3v) is 2.77. The van der Waals surface area contributed by atoms with Gasteiger partial charge in [-0.15, -0.1) is 0 Å². The van der Waals surface area contributed by atoms with Gasteiger partial charge in [0.25, 0.3) is 5.91 Å². The quantitative estimate of drug-likeness (QED) is 0.675.